The zero-order valence-electron chi connectivity index (χ0n) is 37.2. The third-order valence-corrected chi connectivity index (χ3v) is 14.7. The highest BCUT2D eigenvalue weighted by molar-refractivity contribution is 7.17. The van der Waals surface area contributed by atoms with E-state index in [-0.39, 0.29) is 32.9 Å². The molecule has 8 rings (SSSR count). The molecule has 0 fully saturated rings. The second-order valence-corrected chi connectivity index (χ2v) is 22.1. The van der Waals surface area contributed by atoms with Crippen LogP contribution in [-0.4, -0.2) is 0 Å². The van der Waals surface area contributed by atoms with Crippen molar-refractivity contribution in [1.29, 1.82) is 0 Å². The van der Waals surface area contributed by atoms with Crippen molar-refractivity contribution in [1.82, 2.24) is 0 Å². The Kier molecular flexibility index (Phi) is 9.63. The van der Waals surface area contributed by atoms with Crippen LogP contribution in [0, 0.1) is 19.7 Å². The number of nitrogens with zero attached hydrogens (tertiary/aromatic N) is 2. The van der Waals surface area contributed by atoms with E-state index in [0.717, 1.165) is 65.4 Å². The van der Waals surface area contributed by atoms with E-state index in [4.69, 9.17) is 0 Å². The van der Waals surface area contributed by atoms with Gasteiger partial charge in [0.15, 0.2) is 0 Å². The summed E-state index contributed by atoms with van der Waals surface area (Å²) < 4.78 is 18.1. The summed E-state index contributed by atoms with van der Waals surface area (Å²) in [4.78, 5) is 4.69. The van der Waals surface area contributed by atoms with Crippen molar-refractivity contribution in [3.8, 4) is 0 Å². The molecule has 0 saturated carbocycles. The Bertz CT molecular complexity index is 2560. The van der Waals surface area contributed by atoms with Gasteiger partial charge >= 0.3 is 0 Å². The van der Waals surface area contributed by atoms with E-state index in [2.05, 4.69) is 184 Å². The molecule has 6 aromatic rings. The Balaban J connectivity index is 1.42. The number of anilines is 6. The first-order valence-corrected chi connectivity index (χ1v) is 22.2. The smallest absolute Gasteiger partial charge is 0.127 e. The van der Waals surface area contributed by atoms with E-state index in [1.54, 1.807) is 23.5 Å². The fourth-order valence-electron chi connectivity index (χ4n) is 9.93. The van der Waals surface area contributed by atoms with Crippen LogP contribution in [0.1, 0.15) is 141 Å². The van der Waals surface area contributed by atoms with Gasteiger partial charge in [-0.1, -0.05) is 118 Å². The fraction of sp³-hybridized carbons (Fsp3) is 0.407. The normalized spacial score (nSPS) is 17.8. The molecule has 0 radical (unpaired) electrons. The lowest BCUT2D eigenvalue weighted by Crippen LogP contribution is -2.36. The zero-order chi connectivity index (χ0) is 41.7. The van der Waals surface area contributed by atoms with Crippen LogP contribution in [0.2, 0.25) is 0 Å². The number of fused-ring (bicyclic) bond motifs is 3. The van der Waals surface area contributed by atoms with Gasteiger partial charge in [-0.25, -0.2) is 4.39 Å². The van der Waals surface area contributed by atoms with Gasteiger partial charge in [-0.2, -0.15) is 0 Å². The van der Waals surface area contributed by atoms with Crippen molar-refractivity contribution in [2.75, 3.05) is 9.80 Å². The highest BCUT2D eigenvalue weighted by atomic mass is 32.1. The lowest BCUT2D eigenvalue weighted by atomic mass is 9.62. The molecule has 2 aliphatic rings. The number of rotatable bonds is 6. The minimum absolute atomic E-state index is 0.00264. The van der Waals surface area contributed by atoms with E-state index in [1.165, 1.54) is 43.5 Å². The van der Waals surface area contributed by atoms with Crippen molar-refractivity contribution >= 4 is 55.5 Å². The average molecular weight is 791 g/mol. The number of hydrogen-bond donors (Lipinski definition) is 0. The summed E-state index contributed by atoms with van der Waals surface area (Å²) in [5, 5.41) is 3.42. The molecule has 4 heteroatoms. The van der Waals surface area contributed by atoms with Crippen molar-refractivity contribution in [3.63, 3.8) is 0 Å². The molecule has 0 bridgehead atoms. The van der Waals surface area contributed by atoms with Gasteiger partial charge in [0, 0.05) is 26.8 Å². The van der Waals surface area contributed by atoms with Gasteiger partial charge in [-0.15, -0.1) is 11.3 Å². The van der Waals surface area contributed by atoms with Crippen LogP contribution in [0.3, 0.4) is 0 Å². The lowest BCUT2D eigenvalue weighted by molar-refractivity contribution is 0.331. The van der Waals surface area contributed by atoms with E-state index < -0.39 is 0 Å². The van der Waals surface area contributed by atoms with Crippen LogP contribution in [0.25, 0.3) is 10.1 Å². The maximum Gasteiger partial charge on any atom is 0.127 e. The molecule has 58 heavy (non-hydrogen) atoms. The molecule has 0 saturated heterocycles. The molecule has 1 aromatic heterocycles. The molecule has 2 aliphatic carbocycles. The number of halogens is 1. The fourth-order valence-corrected chi connectivity index (χ4v) is 10.8. The molecular weight excluding hydrogens is 728 g/mol. The Morgan fingerprint density at radius 3 is 1.86 bits per heavy atom. The highest BCUT2D eigenvalue weighted by Crippen LogP contribution is 2.54. The van der Waals surface area contributed by atoms with Crippen LogP contribution >= 0.6 is 11.3 Å². The van der Waals surface area contributed by atoms with Crippen molar-refractivity contribution < 1.29 is 4.39 Å². The van der Waals surface area contributed by atoms with E-state index in [9.17, 15) is 0 Å². The zero-order valence-corrected chi connectivity index (χ0v) is 38.1. The first kappa shape index (κ1) is 40.4. The van der Waals surface area contributed by atoms with E-state index >= 15 is 4.39 Å². The number of hydrogen-bond acceptors (Lipinski definition) is 3. The van der Waals surface area contributed by atoms with Gasteiger partial charge in [-0.05, 0) is 155 Å². The van der Waals surface area contributed by atoms with Crippen molar-refractivity contribution in [3.05, 3.63) is 141 Å². The molecule has 0 aliphatic heterocycles. The summed E-state index contributed by atoms with van der Waals surface area (Å²) >= 11 is 1.74. The first-order valence-electron chi connectivity index (χ1n) is 21.4. The molecule has 2 nitrogen and oxygen atoms in total. The molecule has 0 amide bonds. The Morgan fingerprint density at radius 2 is 1.19 bits per heavy atom. The van der Waals surface area contributed by atoms with E-state index in [0.29, 0.717) is 0 Å². The number of thiophene rings is 1. The summed E-state index contributed by atoms with van der Waals surface area (Å²) in [6.45, 7) is 30.2. The highest BCUT2D eigenvalue weighted by Gasteiger charge is 2.41. The average Bonchev–Trinajstić information content (AvgIpc) is 3.55. The molecule has 0 atom stereocenters. The quantitative estimate of drug-likeness (QED) is 0.166. The summed E-state index contributed by atoms with van der Waals surface area (Å²) in [6.07, 6.45) is 4.49. The molecule has 0 spiro atoms. The second kappa shape index (κ2) is 13.8. The van der Waals surface area contributed by atoms with Gasteiger partial charge in [0.2, 0.25) is 0 Å². The summed E-state index contributed by atoms with van der Waals surface area (Å²) in [5.41, 5.74) is 15.2. The van der Waals surface area contributed by atoms with Crippen LogP contribution in [0.15, 0.2) is 96.4 Å². The van der Waals surface area contributed by atoms with Gasteiger partial charge < -0.3 is 9.80 Å². The molecule has 302 valence electrons. The van der Waals surface area contributed by atoms with Gasteiger partial charge in [-0.3, -0.25) is 0 Å². The molecule has 0 N–H and O–H groups in total. The summed E-state index contributed by atoms with van der Waals surface area (Å²) in [7, 11) is 0. The Labute approximate surface area is 352 Å². The minimum atomic E-state index is -0.258. The third-order valence-electron chi connectivity index (χ3n) is 13.8. The topological polar surface area (TPSA) is 6.48 Å². The monoisotopic (exact) mass is 790 g/mol. The standard InChI is InChI=1S/C54H63FN2S/c1-34-17-22-48-41(27-34)47(33-58-48)57(45-21-18-36(28-35(45)2)50(3,4)5)40-30-37(55)29-39(31-40)56(38-19-20-42-44(32-38)53(10,11)24-23-51(42,6)7)46-16-14-15-43-49(46)54(12,13)26-25-52(43,8)9/h14-22,27-33H,23-26H2,1-13H3. The van der Waals surface area contributed by atoms with Gasteiger partial charge in [0.1, 0.15) is 5.82 Å². The lowest BCUT2D eigenvalue weighted by Gasteiger charge is -2.45. The number of benzene rings is 5. The maximum absolute atomic E-state index is 16.9. The summed E-state index contributed by atoms with van der Waals surface area (Å²) in [5.74, 6) is -0.258. The number of aryl methyl sites for hydroxylation is 2. The Morgan fingerprint density at radius 1 is 0.552 bits per heavy atom. The van der Waals surface area contributed by atoms with Crippen LogP contribution < -0.4 is 9.80 Å². The second-order valence-electron chi connectivity index (χ2n) is 21.2. The summed E-state index contributed by atoms with van der Waals surface area (Å²) in [6, 6.07) is 33.1. The molecule has 1 heterocycles. The predicted molar refractivity (Wildman–Crippen MR) is 250 cm³/mol. The van der Waals surface area contributed by atoms with Crippen molar-refractivity contribution in [2.24, 2.45) is 0 Å². The van der Waals surface area contributed by atoms with Crippen molar-refractivity contribution in [2.45, 2.75) is 143 Å². The Hall–Kier alpha value is -4.41. The third kappa shape index (κ3) is 6.97. The molecule has 0 unspecified atom stereocenters. The van der Waals surface area contributed by atoms with E-state index in [1.807, 2.05) is 0 Å². The predicted octanol–water partition coefficient (Wildman–Crippen LogP) is 16.6. The largest absolute Gasteiger partial charge is 0.310 e. The van der Waals surface area contributed by atoms with Gasteiger partial charge in [0.05, 0.1) is 22.7 Å². The SMILES string of the molecule is Cc1ccc2scc(N(c3cc(F)cc(N(c4ccc5c(c4)C(C)(C)CCC5(C)C)c4cccc5c4C(C)(C)CCC5(C)C)c3)c3ccc(C(C)(C)C)cc3C)c2c1. The van der Waals surface area contributed by atoms with Gasteiger partial charge in [0.25, 0.3) is 0 Å². The molecule has 5 aromatic carbocycles. The first-order chi connectivity index (χ1) is 27.1. The van der Waals surface area contributed by atoms with Crippen LogP contribution in [0.5, 0.6) is 0 Å². The maximum atomic E-state index is 16.9. The van der Waals surface area contributed by atoms with Crippen LogP contribution in [-0.2, 0) is 27.1 Å². The molecular formula is C54H63FN2S. The minimum Gasteiger partial charge on any atom is -0.310 e. The van der Waals surface area contributed by atoms with Crippen LogP contribution in [0.4, 0.5) is 38.5 Å².